The Kier molecular flexibility index (Phi) is 5.35. The van der Waals surface area contributed by atoms with Gasteiger partial charge in [0.1, 0.15) is 5.82 Å². The van der Waals surface area contributed by atoms with Crippen LogP contribution in [0.2, 0.25) is 0 Å². The van der Waals surface area contributed by atoms with Crippen LogP contribution in [0.15, 0.2) is 30.5 Å². The minimum atomic E-state index is -4.47. The second kappa shape index (κ2) is 8.32. The number of anilines is 2. The number of β-amino-alcohol motifs (C(OH)–C–C–N with tert-alkyl or cyclic N) is 1. The number of rotatable bonds is 5. The number of nitrogens with zero attached hydrogens (tertiary/aromatic N) is 6. The number of halogens is 3. The van der Waals surface area contributed by atoms with Crippen LogP contribution < -0.4 is 10.2 Å². The number of aliphatic hydroxyl groups is 2. The van der Waals surface area contributed by atoms with Gasteiger partial charge in [0, 0.05) is 38.3 Å². The molecule has 186 valence electrons. The molecule has 9 nitrogen and oxygen atoms in total. The van der Waals surface area contributed by atoms with Crippen LogP contribution in [0.3, 0.4) is 0 Å². The Morgan fingerprint density at radius 2 is 1.83 bits per heavy atom. The van der Waals surface area contributed by atoms with E-state index in [0.29, 0.717) is 48.2 Å². The number of likely N-dealkylation sites (tertiary alicyclic amines) is 1. The van der Waals surface area contributed by atoms with Gasteiger partial charge in [-0.15, -0.1) is 0 Å². The van der Waals surface area contributed by atoms with Crippen LogP contribution in [0.5, 0.6) is 0 Å². The van der Waals surface area contributed by atoms with Crippen LogP contribution in [-0.2, 0) is 6.18 Å². The first kappa shape index (κ1) is 22.5. The van der Waals surface area contributed by atoms with Gasteiger partial charge in [-0.3, -0.25) is 4.90 Å². The molecular weight excluding hydrogens is 463 g/mol. The van der Waals surface area contributed by atoms with Crippen LogP contribution in [-0.4, -0.2) is 85.3 Å². The van der Waals surface area contributed by atoms with Crippen molar-refractivity contribution in [3.05, 3.63) is 36.0 Å². The van der Waals surface area contributed by atoms with Crippen LogP contribution >= 0.6 is 0 Å². The van der Waals surface area contributed by atoms with Crippen molar-refractivity contribution in [2.45, 2.75) is 49.7 Å². The smallest absolute Gasteiger partial charge is 0.393 e. The quantitative estimate of drug-likeness (QED) is 0.501. The molecule has 3 N–H and O–H groups in total. The monoisotopic (exact) mass is 489 g/mol. The van der Waals surface area contributed by atoms with Crippen LogP contribution in [0.1, 0.15) is 24.8 Å². The third-order valence-corrected chi connectivity index (χ3v) is 7.15. The summed E-state index contributed by atoms with van der Waals surface area (Å²) in [5.41, 5.74) is -0.0816. The summed E-state index contributed by atoms with van der Waals surface area (Å²) in [5.74, 6) is 1.03. The first-order chi connectivity index (χ1) is 16.7. The van der Waals surface area contributed by atoms with E-state index in [-0.39, 0.29) is 23.9 Å². The maximum absolute atomic E-state index is 13.3. The molecule has 2 aromatic heterocycles. The van der Waals surface area contributed by atoms with Crippen LogP contribution in [0, 0.1) is 0 Å². The van der Waals surface area contributed by atoms with Crippen molar-refractivity contribution in [2.75, 3.05) is 36.4 Å². The van der Waals surface area contributed by atoms with E-state index < -0.39 is 11.7 Å². The van der Waals surface area contributed by atoms with E-state index in [1.165, 1.54) is 10.7 Å². The molecule has 1 saturated carbocycles. The fraction of sp³-hybridized carbons (Fsp3) is 0.522. The average Bonchev–Trinajstić information content (AvgIpc) is 3.37. The average molecular weight is 490 g/mol. The molecule has 12 heteroatoms. The van der Waals surface area contributed by atoms with Crippen molar-refractivity contribution >= 4 is 22.8 Å². The minimum Gasteiger partial charge on any atom is -0.393 e. The van der Waals surface area contributed by atoms with E-state index >= 15 is 0 Å². The van der Waals surface area contributed by atoms with Gasteiger partial charge in [0.25, 0.3) is 0 Å². The van der Waals surface area contributed by atoms with E-state index in [2.05, 4.69) is 25.2 Å². The Balaban J connectivity index is 1.35. The third-order valence-electron chi connectivity index (χ3n) is 7.15. The highest BCUT2D eigenvalue weighted by Crippen LogP contribution is 2.34. The topological polar surface area (TPSA) is 103 Å². The Hall–Kier alpha value is -2.96. The Morgan fingerprint density at radius 3 is 2.51 bits per heavy atom. The number of hydrogen-bond acceptors (Lipinski definition) is 8. The van der Waals surface area contributed by atoms with Gasteiger partial charge in [0.15, 0.2) is 5.65 Å². The first-order valence-corrected chi connectivity index (χ1v) is 11.8. The molecule has 35 heavy (non-hydrogen) atoms. The van der Waals surface area contributed by atoms with Crippen molar-refractivity contribution in [1.29, 1.82) is 0 Å². The Labute approximate surface area is 199 Å². The molecule has 4 heterocycles. The fourth-order valence-corrected chi connectivity index (χ4v) is 5.05. The second-order valence-electron chi connectivity index (χ2n) is 9.68. The number of aliphatic hydroxyl groups excluding tert-OH is 2. The molecule has 0 amide bonds. The summed E-state index contributed by atoms with van der Waals surface area (Å²) in [7, 11) is 0. The van der Waals surface area contributed by atoms with Gasteiger partial charge >= 0.3 is 6.18 Å². The molecule has 0 unspecified atom stereocenters. The lowest BCUT2D eigenvalue weighted by atomic mass is 9.90. The summed E-state index contributed by atoms with van der Waals surface area (Å²) in [4.78, 5) is 13.7. The maximum Gasteiger partial charge on any atom is 0.416 e. The Bertz CT molecular complexity index is 1240. The SMILES string of the molecule is OC1CC(Nc2nc(N3CC(N4CC[C@@H](O)C4)C3)c3cnn(-c4cccc(C(F)(F)F)c4)c3n2)C1. The minimum absolute atomic E-state index is 0.0375. The molecule has 2 aliphatic heterocycles. The van der Waals surface area contributed by atoms with Gasteiger partial charge in [0.05, 0.1) is 35.0 Å². The molecular formula is C23H26F3N7O2. The summed E-state index contributed by atoms with van der Waals surface area (Å²) in [5, 5.41) is 27.8. The first-order valence-electron chi connectivity index (χ1n) is 11.8. The predicted octanol–water partition coefficient (Wildman–Crippen LogP) is 2.02. The third kappa shape index (κ3) is 4.19. The molecule has 0 radical (unpaired) electrons. The zero-order chi connectivity index (χ0) is 24.3. The lowest BCUT2D eigenvalue weighted by Crippen LogP contribution is -2.59. The van der Waals surface area contributed by atoms with E-state index in [0.717, 1.165) is 38.2 Å². The van der Waals surface area contributed by atoms with Crippen molar-refractivity contribution in [3.8, 4) is 5.69 Å². The van der Waals surface area contributed by atoms with Crippen molar-refractivity contribution in [1.82, 2.24) is 24.6 Å². The number of nitrogens with one attached hydrogen (secondary N) is 1. The molecule has 2 saturated heterocycles. The molecule has 1 aromatic carbocycles. The zero-order valence-electron chi connectivity index (χ0n) is 18.9. The lowest BCUT2D eigenvalue weighted by Gasteiger charge is -2.45. The number of fused-ring (bicyclic) bond motifs is 1. The highest BCUT2D eigenvalue weighted by Gasteiger charge is 2.38. The predicted molar refractivity (Wildman–Crippen MR) is 123 cm³/mol. The Morgan fingerprint density at radius 1 is 1.03 bits per heavy atom. The van der Waals surface area contributed by atoms with Crippen LogP contribution in [0.4, 0.5) is 24.9 Å². The summed E-state index contributed by atoms with van der Waals surface area (Å²) in [6.07, 6.45) is -1.55. The van der Waals surface area contributed by atoms with Crippen molar-refractivity contribution < 1.29 is 23.4 Å². The van der Waals surface area contributed by atoms with E-state index in [9.17, 15) is 23.4 Å². The van der Waals surface area contributed by atoms with Crippen molar-refractivity contribution in [2.24, 2.45) is 0 Å². The summed E-state index contributed by atoms with van der Waals surface area (Å²) < 4.78 is 41.3. The number of benzene rings is 1. The highest BCUT2D eigenvalue weighted by molar-refractivity contribution is 5.89. The van der Waals surface area contributed by atoms with E-state index in [1.54, 1.807) is 12.3 Å². The summed E-state index contributed by atoms with van der Waals surface area (Å²) in [6, 6.07) is 5.36. The molecule has 3 aliphatic rings. The number of aromatic nitrogens is 4. The van der Waals surface area contributed by atoms with Gasteiger partial charge < -0.3 is 20.4 Å². The van der Waals surface area contributed by atoms with Crippen LogP contribution in [0.25, 0.3) is 16.7 Å². The van der Waals surface area contributed by atoms with Crippen molar-refractivity contribution in [3.63, 3.8) is 0 Å². The number of hydrogen-bond donors (Lipinski definition) is 3. The number of alkyl halides is 3. The lowest BCUT2D eigenvalue weighted by molar-refractivity contribution is -0.137. The van der Waals surface area contributed by atoms with Gasteiger partial charge in [-0.2, -0.15) is 28.2 Å². The molecule has 0 bridgehead atoms. The summed E-state index contributed by atoms with van der Waals surface area (Å²) in [6.45, 7) is 3.00. The second-order valence-corrected chi connectivity index (χ2v) is 9.68. The largest absolute Gasteiger partial charge is 0.416 e. The highest BCUT2D eigenvalue weighted by atomic mass is 19.4. The standard InChI is InChI=1S/C23H26F3N7O2/c24-23(25,26)13-2-1-3-15(6-13)33-21-19(9-27-33)20(29-22(30-21)28-14-7-18(35)8-14)32-10-16(11-32)31-5-4-17(34)12-31/h1-3,6,9,14,16-18,34-35H,4-5,7-8,10-12H2,(H,28,29,30)/t14?,17-,18?/m1/s1. The van der Waals surface area contributed by atoms with E-state index in [1.807, 2.05) is 0 Å². The maximum atomic E-state index is 13.3. The molecule has 6 rings (SSSR count). The van der Waals surface area contributed by atoms with E-state index in [4.69, 9.17) is 4.98 Å². The van der Waals surface area contributed by atoms with Gasteiger partial charge in [-0.1, -0.05) is 6.07 Å². The van der Waals surface area contributed by atoms with Gasteiger partial charge in [-0.05, 0) is 37.5 Å². The zero-order valence-corrected chi connectivity index (χ0v) is 18.9. The molecule has 3 fully saturated rings. The van der Waals surface area contributed by atoms with Gasteiger partial charge in [0.2, 0.25) is 5.95 Å². The van der Waals surface area contributed by atoms with Gasteiger partial charge in [-0.25, -0.2) is 4.68 Å². The normalized spacial score (nSPS) is 25.6. The summed E-state index contributed by atoms with van der Waals surface area (Å²) >= 11 is 0. The fourth-order valence-electron chi connectivity index (χ4n) is 5.05. The molecule has 1 atom stereocenters. The molecule has 0 spiro atoms. The molecule has 1 aliphatic carbocycles. The molecule has 3 aromatic rings.